The molecule has 17 heavy (non-hydrogen) atoms. The third-order valence-electron chi connectivity index (χ3n) is 2.37. The minimum absolute atomic E-state index is 0.0297. The summed E-state index contributed by atoms with van der Waals surface area (Å²) in [5.74, 6) is -0.0297. The van der Waals surface area contributed by atoms with Crippen LogP contribution in [-0.4, -0.2) is 19.7 Å². The highest BCUT2D eigenvalue weighted by Crippen LogP contribution is 2.22. The first-order valence-corrected chi connectivity index (χ1v) is 7.29. The summed E-state index contributed by atoms with van der Waals surface area (Å²) in [4.78, 5) is 4.16. The first-order valence-electron chi connectivity index (χ1n) is 5.23. The van der Waals surface area contributed by atoms with E-state index in [2.05, 4.69) is 4.98 Å². The highest BCUT2D eigenvalue weighted by Gasteiger charge is 2.11. The Morgan fingerprint density at radius 2 is 1.76 bits per heavy atom. The number of hydrogen-bond donors (Lipinski definition) is 0. The van der Waals surface area contributed by atoms with Crippen LogP contribution < -0.4 is 0 Å². The Balaban J connectivity index is 2.49. The number of nitrogens with zero attached hydrogens (tertiary/aromatic N) is 1. The Morgan fingerprint density at radius 1 is 1.06 bits per heavy atom. The van der Waals surface area contributed by atoms with E-state index in [4.69, 9.17) is 0 Å². The lowest BCUT2D eigenvalue weighted by Crippen LogP contribution is -2.04. The molecule has 2 rings (SSSR count). The van der Waals surface area contributed by atoms with Gasteiger partial charge in [0.1, 0.15) is 0 Å². The average Bonchev–Trinajstić information content (AvgIpc) is 2.29. The zero-order valence-electron chi connectivity index (χ0n) is 9.50. The standard InChI is InChI=1S/C13H13NO2S/c1-17(15,16)10-13-12(8-5-9-14-13)11-6-3-2-4-7-11/h2-9H,10H2,1H3. The first kappa shape index (κ1) is 11.8. The lowest BCUT2D eigenvalue weighted by atomic mass is 10.1. The zero-order valence-corrected chi connectivity index (χ0v) is 10.3. The second-order valence-corrected chi connectivity index (χ2v) is 6.07. The number of aromatic nitrogens is 1. The average molecular weight is 247 g/mol. The summed E-state index contributed by atoms with van der Waals surface area (Å²) in [6.07, 6.45) is 2.84. The Kier molecular flexibility index (Phi) is 3.24. The molecule has 0 radical (unpaired) electrons. The quantitative estimate of drug-likeness (QED) is 0.836. The van der Waals surface area contributed by atoms with Gasteiger partial charge < -0.3 is 0 Å². The van der Waals surface area contributed by atoms with E-state index in [9.17, 15) is 8.42 Å². The van der Waals surface area contributed by atoms with Gasteiger partial charge in [-0.2, -0.15) is 0 Å². The summed E-state index contributed by atoms with van der Waals surface area (Å²) in [5.41, 5.74) is 2.46. The van der Waals surface area contributed by atoms with Crippen molar-refractivity contribution >= 4 is 9.84 Å². The Bertz CT molecular complexity index is 606. The molecular formula is C13H13NO2S. The van der Waals surface area contributed by atoms with E-state index in [1.165, 1.54) is 6.26 Å². The third-order valence-corrected chi connectivity index (χ3v) is 3.17. The van der Waals surface area contributed by atoms with Crippen LogP contribution in [0.4, 0.5) is 0 Å². The molecule has 0 spiro atoms. The second kappa shape index (κ2) is 4.67. The molecule has 4 heteroatoms. The molecule has 0 aliphatic rings. The summed E-state index contributed by atoms with van der Waals surface area (Å²) >= 11 is 0. The van der Waals surface area contributed by atoms with Gasteiger partial charge in [-0.25, -0.2) is 8.42 Å². The van der Waals surface area contributed by atoms with Gasteiger partial charge in [0.05, 0.1) is 11.4 Å². The summed E-state index contributed by atoms with van der Waals surface area (Å²) in [6.45, 7) is 0. The summed E-state index contributed by atoms with van der Waals surface area (Å²) in [6, 6.07) is 13.4. The fourth-order valence-corrected chi connectivity index (χ4v) is 2.41. The van der Waals surface area contributed by atoms with Crippen LogP contribution in [0.25, 0.3) is 11.1 Å². The number of pyridine rings is 1. The van der Waals surface area contributed by atoms with E-state index < -0.39 is 9.84 Å². The monoisotopic (exact) mass is 247 g/mol. The Labute approximate surface area is 101 Å². The van der Waals surface area contributed by atoms with Gasteiger partial charge in [-0.3, -0.25) is 4.98 Å². The van der Waals surface area contributed by atoms with Crippen molar-refractivity contribution in [2.45, 2.75) is 5.75 Å². The third kappa shape index (κ3) is 3.14. The summed E-state index contributed by atoms with van der Waals surface area (Å²) in [7, 11) is -3.07. The molecule has 0 fully saturated rings. The molecule has 0 aliphatic carbocycles. The molecule has 0 saturated heterocycles. The van der Waals surface area contributed by atoms with E-state index in [-0.39, 0.29) is 5.75 Å². The summed E-state index contributed by atoms with van der Waals surface area (Å²) < 4.78 is 22.7. The largest absolute Gasteiger partial charge is 0.260 e. The zero-order chi connectivity index (χ0) is 12.3. The van der Waals surface area contributed by atoms with E-state index >= 15 is 0 Å². The minimum atomic E-state index is -3.07. The van der Waals surface area contributed by atoms with Gasteiger partial charge in [0.2, 0.25) is 0 Å². The number of hydrogen-bond acceptors (Lipinski definition) is 3. The van der Waals surface area contributed by atoms with E-state index in [0.29, 0.717) is 5.69 Å². The lowest BCUT2D eigenvalue weighted by Gasteiger charge is -2.07. The van der Waals surface area contributed by atoms with Crippen LogP contribution in [0, 0.1) is 0 Å². The molecule has 1 aromatic carbocycles. The maximum Gasteiger partial charge on any atom is 0.153 e. The van der Waals surface area contributed by atoms with Crippen LogP contribution in [0.1, 0.15) is 5.69 Å². The van der Waals surface area contributed by atoms with E-state index in [0.717, 1.165) is 11.1 Å². The second-order valence-electron chi connectivity index (χ2n) is 3.93. The van der Waals surface area contributed by atoms with Gasteiger partial charge in [0.25, 0.3) is 0 Å². The van der Waals surface area contributed by atoms with Gasteiger partial charge in [-0.05, 0) is 11.6 Å². The van der Waals surface area contributed by atoms with Crippen LogP contribution in [-0.2, 0) is 15.6 Å². The first-order chi connectivity index (χ1) is 8.06. The molecule has 0 unspecified atom stereocenters. The highest BCUT2D eigenvalue weighted by atomic mass is 32.2. The molecule has 1 aromatic heterocycles. The molecule has 2 aromatic rings. The molecule has 0 saturated carbocycles. The molecular weight excluding hydrogens is 234 g/mol. The van der Waals surface area contributed by atoms with Crippen molar-refractivity contribution in [1.29, 1.82) is 0 Å². The predicted molar refractivity (Wildman–Crippen MR) is 68.2 cm³/mol. The Morgan fingerprint density at radius 3 is 2.41 bits per heavy atom. The molecule has 0 atom stereocenters. The molecule has 0 aliphatic heterocycles. The van der Waals surface area contributed by atoms with Crippen molar-refractivity contribution in [3.8, 4) is 11.1 Å². The van der Waals surface area contributed by atoms with Gasteiger partial charge >= 0.3 is 0 Å². The van der Waals surface area contributed by atoms with Crippen LogP contribution >= 0.6 is 0 Å². The minimum Gasteiger partial charge on any atom is -0.260 e. The fraction of sp³-hybridized carbons (Fsp3) is 0.154. The van der Waals surface area contributed by atoms with Crippen molar-refractivity contribution in [3.63, 3.8) is 0 Å². The topological polar surface area (TPSA) is 47.0 Å². The molecule has 88 valence electrons. The summed E-state index contributed by atoms with van der Waals surface area (Å²) in [5, 5.41) is 0. The van der Waals surface area contributed by atoms with Crippen molar-refractivity contribution < 1.29 is 8.42 Å². The lowest BCUT2D eigenvalue weighted by molar-refractivity contribution is 0.600. The van der Waals surface area contributed by atoms with Crippen molar-refractivity contribution in [2.24, 2.45) is 0 Å². The van der Waals surface area contributed by atoms with Gasteiger partial charge in [0, 0.05) is 18.0 Å². The molecule has 0 amide bonds. The smallest absolute Gasteiger partial charge is 0.153 e. The number of benzene rings is 1. The van der Waals surface area contributed by atoms with E-state index in [1.807, 2.05) is 42.5 Å². The van der Waals surface area contributed by atoms with Crippen LogP contribution in [0.2, 0.25) is 0 Å². The maximum atomic E-state index is 11.3. The molecule has 0 bridgehead atoms. The van der Waals surface area contributed by atoms with Crippen LogP contribution in [0.5, 0.6) is 0 Å². The SMILES string of the molecule is CS(=O)(=O)Cc1ncccc1-c1ccccc1. The van der Waals surface area contributed by atoms with Gasteiger partial charge in [-0.1, -0.05) is 36.4 Å². The Hall–Kier alpha value is -1.68. The predicted octanol–water partition coefficient (Wildman–Crippen LogP) is 2.29. The fourth-order valence-electron chi connectivity index (χ4n) is 1.68. The van der Waals surface area contributed by atoms with Crippen molar-refractivity contribution in [3.05, 3.63) is 54.4 Å². The van der Waals surface area contributed by atoms with Gasteiger partial charge in [0.15, 0.2) is 9.84 Å². The highest BCUT2D eigenvalue weighted by molar-refractivity contribution is 7.89. The molecule has 1 heterocycles. The number of sulfone groups is 1. The van der Waals surface area contributed by atoms with E-state index in [1.54, 1.807) is 6.20 Å². The normalized spacial score (nSPS) is 11.4. The maximum absolute atomic E-state index is 11.3. The van der Waals surface area contributed by atoms with Crippen LogP contribution in [0.3, 0.4) is 0 Å². The van der Waals surface area contributed by atoms with Crippen molar-refractivity contribution in [1.82, 2.24) is 4.98 Å². The molecule has 3 nitrogen and oxygen atoms in total. The van der Waals surface area contributed by atoms with Crippen molar-refractivity contribution in [2.75, 3.05) is 6.26 Å². The molecule has 0 N–H and O–H groups in total. The van der Waals surface area contributed by atoms with Crippen LogP contribution in [0.15, 0.2) is 48.7 Å². The van der Waals surface area contributed by atoms with Gasteiger partial charge in [-0.15, -0.1) is 0 Å². The number of rotatable bonds is 3.